The van der Waals surface area contributed by atoms with Crippen LogP contribution < -0.4 is 10.1 Å². The summed E-state index contributed by atoms with van der Waals surface area (Å²) in [6, 6.07) is 4.80. The fraction of sp³-hybridized carbons (Fsp3) is 0.600. The Labute approximate surface area is 215 Å². The number of aliphatic hydroxyl groups is 1. The number of carbonyl (C=O) groups is 1. The third kappa shape index (κ3) is 7.04. The number of aryl methyl sites for hydroxylation is 1. The summed E-state index contributed by atoms with van der Waals surface area (Å²) in [7, 11) is -1.75. The average Bonchev–Trinajstić information content (AvgIpc) is 3.26. The summed E-state index contributed by atoms with van der Waals surface area (Å²) in [5.41, 5.74) is -0.0749. The summed E-state index contributed by atoms with van der Waals surface area (Å²) in [6.07, 6.45) is -0.118. The summed E-state index contributed by atoms with van der Waals surface area (Å²) in [5.74, 6) is -1.11. The van der Waals surface area contributed by atoms with Crippen molar-refractivity contribution in [1.82, 2.24) is 14.9 Å². The maximum atomic E-state index is 13.0. The maximum absolute atomic E-state index is 13.0. The molecular weight excluding hydrogens is 511 g/mol. The van der Waals surface area contributed by atoms with Gasteiger partial charge in [-0.05, 0) is 49.8 Å². The monoisotopic (exact) mass is 545 g/mol. The molecule has 206 valence electrons. The molecule has 1 aromatic heterocycles. The number of amides is 1. The van der Waals surface area contributed by atoms with Crippen molar-refractivity contribution in [3.8, 4) is 11.4 Å². The molecule has 1 saturated carbocycles. The maximum Gasteiger partial charge on any atom is 0.391 e. The van der Waals surface area contributed by atoms with Gasteiger partial charge in [-0.1, -0.05) is 19.9 Å². The second kappa shape index (κ2) is 11.0. The molecule has 2 aromatic rings. The van der Waals surface area contributed by atoms with E-state index in [2.05, 4.69) is 10.3 Å². The number of sulfone groups is 1. The summed E-state index contributed by atoms with van der Waals surface area (Å²) in [6.45, 7) is 2.95. The number of hydrogen-bond acceptors (Lipinski definition) is 6. The zero-order valence-electron chi connectivity index (χ0n) is 21.4. The zero-order valence-corrected chi connectivity index (χ0v) is 22.2. The summed E-state index contributed by atoms with van der Waals surface area (Å²) < 4.78 is 69.6. The normalized spacial score (nSPS) is 21.5. The number of nitrogens with zero attached hydrogens (tertiary/aromatic N) is 2. The molecule has 1 fully saturated rings. The van der Waals surface area contributed by atoms with Gasteiger partial charge in [0, 0.05) is 25.4 Å². The van der Waals surface area contributed by atoms with Crippen molar-refractivity contribution in [1.29, 1.82) is 0 Å². The standard InChI is InChI=1S/C25H34F3N3O5S/c1-5-22-30-19(23(32)29-15-24(33)10-8-18(9-11-24)37(4,34)35)14-31(22)20-7-6-17(13-21(20)36-3)12-16(2)25(26,27)28/h6-7,13-14,16,18,33H,5,8-12,15H2,1-4H3,(H,29,32)/t16-,18-,24+/m1/s1. The molecule has 0 radical (unpaired) electrons. The highest BCUT2D eigenvalue weighted by Gasteiger charge is 2.37. The molecule has 0 aliphatic heterocycles. The minimum atomic E-state index is -4.30. The van der Waals surface area contributed by atoms with Gasteiger partial charge in [-0.15, -0.1) is 0 Å². The van der Waals surface area contributed by atoms with Crippen LogP contribution >= 0.6 is 0 Å². The Morgan fingerprint density at radius 2 is 1.97 bits per heavy atom. The lowest BCUT2D eigenvalue weighted by atomic mass is 9.84. The van der Waals surface area contributed by atoms with Crippen LogP contribution in [0.1, 0.15) is 61.4 Å². The Balaban J connectivity index is 1.75. The van der Waals surface area contributed by atoms with Gasteiger partial charge in [0.2, 0.25) is 0 Å². The number of ether oxygens (including phenoxy) is 1. The van der Waals surface area contributed by atoms with Crippen LogP contribution in [-0.4, -0.2) is 65.9 Å². The Morgan fingerprint density at radius 3 is 2.51 bits per heavy atom. The molecule has 2 N–H and O–H groups in total. The first kappa shape index (κ1) is 29.0. The number of aromatic nitrogens is 2. The molecule has 12 heteroatoms. The molecule has 1 heterocycles. The largest absolute Gasteiger partial charge is 0.495 e. The van der Waals surface area contributed by atoms with Crippen molar-refractivity contribution in [3.63, 3.8) is 0 Å². The molecule has 0 spiro atoms. The fourth-order valence-electron chi connectivity index (χ4n) is 4.57. The molecule has 1 aromatic carbocycles. The Morgan fingerprint density at radius 1 is 1.32 bits per heavy atom. The Bertz CT molecular complexity index is 1220. The lowest BCUT2D eigenvalue weighted by Crippen LogP contribution is -2.47. The Kier molecular flexibility index (Phi) is 8.63. The van der Waals surface area contributed by atoms with Gasteiger partial charge < -0.3 is 15.2 Å². The minimum Gasteiger partial charge on any atom is -0.495 e. The second-order valence-corrected chi connectivity index (χ2v) is 12.2. The van der Waals surface area contributed by atoms with E-state index in [0.29, 0.717) is 42.1 Å². The first-order valence-electron chi connectivity index (χ1n) is 12.2. The van der Waals surface area contributed by atoms with Crippen LogP contribution in [0.3, 0.4) is 0 Å². The van der Waals surface area contributed by atoms with Gasteiger partial charge in [0.05, 0.1) is 29.6 Å². The van der Waals surface area contributed by atoms with Crippen LogP contribution in [0.2, 0.25) is 0 Å². The quantitative estimate of drug-likeness (QED) is 0.498. The summed E-state index contributed by atoms with van der Waals surface area (Å²) >= 11 is 0. The van der Waals surface area contributed by atoms with Crippen LogP contribution in [0.15, 0.2) is 24.4 Å². The van der Waals surface area contributed by atoms with Gasteiger partial charge in [0.1, 0.15) is 27.1 Å². The molecule has 1 atom stereocenters. The SMILES string of the molecule is CCc1nc(C(=O)NC[C@]2(O)CC[C@@H](S(C)(=O)=O)CC2)cn1-c1ccc(C[C@@H](C)C(F)(F)F)cc1OC. The molecule has 8 nitrogen and oxygen atoms in total. The van der Waals surface area contributed by atoms with E-state index < -0.39 is 38.7 Å². The topological polar surface area (TPSA) is 111 Å². The van der Waals surface area contributed by atoms with E-state index in [4.69, 9.17) is 4.74 Å². The fourth-order valence-corrected chi connectivity index (χ4v) is 5.66. The van der Waals surface area contributed by atoms with E-state index in [1.54, 1.807) is 22.8 Å². The predicted molar refractivity (Wildman–Crippen MR) is 133 cm³/mol. The lowest BCUT2D eigenvalue weighted by molar-refractivity contribution is -0.169. The molecule has 3 rings (SSSR count). The molecule has 0 saturated heterocycles. The number of nitrogens with one attached hydrogen (secondary N) is 1. The average molecular weight is 546 g/mol. The van der Waals surface area contributed by atoms with Crippen molar-refractivity contribution in [2.24, 2.45) is 5.92 Å². The van der Waals surface area contributed by atoms with E-state index in [9.17, 15) is 31.5 Å². The van der Waals surface area contributed by atoms with Crippen molar-refractivity contribution >= 4 is 15.7 Å². The van der Waals surface area contributed by atoms with Crippen molar-refractivity contribution in [3.05, 3.63) is 41.5 Å². The van der Waals surface area contributed by atoms with Crippen LogP contribution in [0.4, 0.5) is 13.2 Å². The highest BCUT2D eigenvalue weighted by Crippen LogP contribution is 2.33. The van der Waals surface area contributed by atoms with Gasteiger partial charge >= 0.3 is 6.18 Å². The molecule has 0 unspecified atom stereocenters. The Hall–Kier alpha value is -2.60. The highest BCUT2D eigenvalue weighted by atomic mass is 32.2. The van der Waals surface area contributed by atoms with Crippen molar-refractivity contribution < 1.29 is 36.2 Å². The molecule has 0 bridgehead atoms. The van der Waals surface area contributed by atoms with E-state index >= 15 is 0 Å². The zero-order chi connectivity index (χ0) is 27.6. The molecular formula is C25H34F3N3O5S. The van der Waals surface area contributed by atoms with E-state index in [1.807, 2.05) is 6.92 Å². The second-order valence-electron chi connectivity index (χ2n) is 9.85. The van der Waals surface area contributed by atoms with Crippen LogP contribution in [0, 0.1) is 5.92 Å². The number of alkyl halides is 3. The lowest BCUT2D eigenvalue weighted by Gasteiger charge is -2.35. The van der Waals surface area contributed by atoms with Gasteiger partial charge in [-0.2, -0.15) is 13.2 Å². The van der Waals surface area contributed by atoms with Gasteiger partial charge in [0.25, 0.3) is 5.91 Å². The molecule has 1 aliphatic carbocycles. The first-order chi connectivity index (χ1) is 17.2. The summed E-state index contributed by atoms with van der Waals surface area (Å²) in [4.78, 5) is 17.3. The van der Waals surface area contributed by atoms with E-state index in [-0.39, 0.29) is 31.5 Å². The molecule has 1 amide bonds. The third-order valence-corrected chi connectivity index (χ3v) is 8.66. The minimum absolute atomic E-state index is 0.0357. The van der Waals surface area contributed by atoms with Crippen LogP contribution in [0.25, 0.3) is 5.69 Å². The van der Waals surface area contributed by atoms with Crippen LogP contribution in [0.5, 0.6) is 5.75 Å². The number of rotatable bonds is 9. The van der Waals surface area contributed by atoms with E-state index in [1.165, 1.54) is 19.6 Å². The molecule has 1 aliphatic rings. The van der Waals surface area contributed by atoms with Crippen LogP contribution in [-0.2, 0) is 22.7 Å². The van der Waals surface area contributed by atoms with Gasteiger partial charge in [-0.25, -0.2) is 13.4 Å². The smallest absolute Gasteiger partial charge is 0.391 e. The first-order valence-corrected chi connectivity index (χ1v) is 14.1. The number of halogens is 3. The van der Waals surface area contributed by atoms with Crippen molar-refractivity contribution in [2.45, 2.75) is 69.4 Å². The van der Waals surface area contributed by atoms with Gasteiger partial charge in [-0.3, -0.25) is 9.36 Å². The highest BCUT2D eigenvalue weighted by molar-refractivity contribution is 7.91. The third-order valence-electron chi connectivity index (χ3n) is 6.98. The number of carbonyl (C=O) groups excluding carboxylic acids is 1. The number of imidazole rings is 1. The van der Waals surface area contributed by atoms with Crippen molar-refractivity contribution in [2.75, 3.05) is 19.9 Å². The molecule has 37 heavy (non-hydrogen) atoms. The summed E-state index contributed by atoms with van der Waals surface area (Å²) in [5, 5.41) is 13.0. The number of methoxy groups -OCH3 is 1. The number of benzene rings is 1. The van der Waals surface area contributed by atoms with E-state index in [0.717, 1.165) is 6.92 Å². The number of hydrogen-bond donors (Lipinski definition) is 2. The van der Waals surface area contributed by atoms with Gasteiger partial charge in [0.15, 0.2) is 0 Å². The predicted octanol–water partition coefficient (Wildman–Crippen LogP) is 3.63.